The zero-order chi connectivity index (χ0) is 17.8. The van der Waals surface area contributed by atoms with Crippen LogP contribution in [0.5, 0.6) is 17.2 Å². The van der Waals surface area contributed by atoms with Crippen LogP contribution in [0.2, 0.25) is 0 Å². The van der Waals surface area contributed by atoms with Crippen molar-refractivity contribution in [3.05, 3.63) is 48.7 Å². The van der Waals surface area contributed by atoms with Crippen LogP contribution in [-0.4, -0.2) is 28.6 Å². The molecule has 0 radical (unpaired) electrons. The fraction of sp³-hybridized carbons (Fsp3) is 0.167. The zero-order valence-electron chi connectivity index (χ0n) is 14.1. The molecule has 26 heavy (non-hydrogen) atoms. The molecule has 4 rings (SSSR count). The number of benzene rings is 2. The van der Waals surface area contributed by atoms with Gasteiger partial charge < -0.3 is 24.8 Å². The van der Waals surface area contributed by atoms with E-state index in [0.29, 0.717) is 24.1 Å². The number of nitrogens with zero attached hydrogens (tertiary/aromatic N) is 3. The Morgan fingerprint density at radius 2 is 1.81 bits per heavy atom. The molecule has 8 heteroatoms. The molecule has 0 aliphatic carbocycles. The van der Waals surface area contributed by atoms with Gasteiger partial charge in [0.25, 0.3) is 0 Å². The highest BCUT2D eigenvalue weighted by Gasteiger charge is 2.13. The Balaban J connectivity index is 1.46. The molecule has 1 aliphatic rings. The third kappa shape index (κ3) is 3.59. The third-order valence-corrected chi connectivity index (χ3v) is 3.63. The average molecular weight is 351 g/mol. The number of nitrogens with one attached hydrogen (secondary N) is 2. The van der Waals surface area contributed by atoms with Crippen molar-refractivity contribution in [1.29, 1.82) is 0 Å². The summed E-state index contributed by atoms with van der Waals surface area (Å²) in [5, 5.41) is 14.3. The van der Waals surface area contributed by atoms with Gasteiger partial charge in [0.05, 0.1) is 12.8 Å². The van der Waals surface area contributed by atoms with E-state index in [1.165, 1.54) is 0 Å². The molecule has 0 spiro atoms. The maximum absolute atomic E-state index is 5.43. The maximum Gasteiger partial charge on any atom is 0.249 e. The molecule has 0 fully saturated rings. The Morgan fingerprint density at radius 1 is 1.00 bits per heavy atom. The van der Waals surface area contributed by atoms with Crippen molar-refractivity contribution in [2.75, 3.05) is 24.0 Å². The second kappa shape index (κ2) is 7.14. The summed E-state index contributed by atoms with van der Waals surface area (Å²) in [6.07, 6.45) is 1.56. The van der Waals surface area contributed by atoms with Crippen LogP contribution in [0.25, 0.3) is 0 Å². The minimum absolute atomic E-state index is 0.234. The summed E-state index contributed by atoms with van der Waals surface area (Å²) in [6, 6.07) is 13.1. The van der Waals surface area contributed by atoms with E-state index >= 15 is 0 Å². The molecule has 2 aromatic carbocycles. The lowest BCUT2D eigenvalue weighted by atomic mass is 10.3. The lowest BCUT2D eigenvalue weighted by Crippen LogP contribution is -2.02. The van der Waals surface area contributed by atoms with Crippen LogP contribution in [0.15, 0.2) is 48.7 Å². The molecule has 1 aromatic heterocycles. The summed E-state index contributed by atoms with van der Waals surface area (Å²) >= 11 is 0. The largest absolute Gasteiger partial charge is 0.494 e. The molecule has 0 unspecified atom stereocenters. The fourth-order valence-corrected chi connectivity index (χ4v) is 2.47. The van der Waals surface area contributed by atoms with E-state index < -0.39 is 0 Å². The monoisotopic (exact) mass is 351 g/mol. The Bertz CT molecular complexity index is 902. The number of rotatable bonds is 6. The SMILES string of the molecule is CCOc1ccc(Nc2cnnc(Nc3ccc4c(c3)OCO4)n2)cc1. The molecular weight excluding hydrogens is 334 g/mol. The zero-order valence-corrected chi connectivity index (χ0v) is 14.1. The Hall–Kier alpha value is -3.55. The van der Waals surface area contributed by atoms with Crippen molar-refractivity contribution in [2.45, 2.75) is 6.92 Å². The summed E-state index contributed by atoms with van der Waals surface area (Å²) in [5.41, 5.74) is 1.66. The van der Waals surface area contributed by atoms with Crippen molar-refractivity contribution >= 4 is 23.1 Å². The number of anilines is 4. The van der Waals surface area contributed by atoms with Gasteiger partial charge in [0.2, 0.25) is 12.7 Å². The molecular formula is C18H17N5O3. The van der Waals surface area contributed by atoms with Crippen LogP contribution >= 0.6 is 0 Å². The summed E-state index contributed by atoms with van der Waals surface area (Å²) in [6.45, 7) is 2.82. The van der Waals surface area contributed by atoms with Crippen molar-refractivity contribution in [1.82, 2.24) is 15.2 Å². The molecule has 0 saturated carbocycles. The quantitative estimate of drug-likeness (QED) is 0.697. The number of hydrogen-bond donors (Lipinski definition) is 2. The molecule has 2 N–H and O–H groups in total. The number of fused-ring (bicyclic) bond motifs is 1. The Morgan fingerprint density at radius 3 is 2.65 bits per heavy atom. The summed E-state index contributed by atoms with van der Waals surface area (Å²) in [4.78, 5) is 4.42. The minimum atomic E-state index is 0.234. The topological polar surface area (TPSA) is 90.4 Å². The van der Waals surface area contributed by atoms with Crippen LogP contribution in [0.4, 0.5) is 23.1 Å². The number of aromatic nitrogens is 3. The third-order valence-electron chi connectivity index (χ3n) is 3.63. The molecule has 0 saturated heterocycles. The van der Waals surface area contributed by atoms with Gasteiger partial charge in [-0.3, -0.25) is 0 Å². The average Bonchev–Trinajstić information content (AvgIpc) is 3.12. The highest BCUT2D eigenvalue weighted by molar-refractivity contribution is 5.62. The van der Waals surface area contributed by atoms with Crippen LogP contribution in [-0.2, 0) is 0 Å². The van der Waals surface area contributed by atoms with Crippen LogP contribution < -0.4 is 24.8 Å². The first kappa shape index (κ1) is 15.9. The molecule has 2 heterocycles. The Labute approximate surface area is 150 Å². The van der Waals surface area contributed by atoms with Crippen LogP contribution in [0.1, 0.15) is 6.92 Å². The van der Waals surface area contributed by atoms with Crippen molar-refractivity contribution in [3.63, 3.8) is 0 Å². The van der Waals surface area contributed by atoms with Gasteiger partial charge in [-0.05, 0) is 43.3 Å². The first-order valence-corrected chi connectivity index (χ1v) is 8.16. The normalized spacial score (nSPS) is 11.9. The van der Waals surface area contributed by atoms with Crippen molar-refractivity contribution in [2.24, 2.45) is 0 Å². The molecule has 0 amide bonds. The molecule has 3 aromatic rings. The van der Waals surface area contributed by atoms with Gasteiger partial charge in [0.15, 0.2) is 17.3 Å². The van der Waals surface area contributed by atoms with E-state index in [9.17, 15) is 0 Å². The van der Waals surface area contributed by atoms with E-state index in [-0.39, 0.29) is 6.79 Å². The molecule has 1 aliphatic heterocycles. The first-order chi connectivity index (χ1) is 12.8. The van der Waals surface area contributed by atoms with E-state index in [1.807, 2.05) is 49.4 Å². The maximum atomic E-state index is 5.43. The highest BCUT2D eigenvalue weighted by atomic mass is 16.7. The predicted molar refractivity (Wildman–Crippen MR) is 96.6 cm³/mol. The molecule has 0 atom stereocenters. The smallest absolute Gasteiger partial charge is 0.249 e. The van der Waals surface area contributed by atoms with Gasteiger partial charge >= 0.3 is 0 Å². The summed E-state index contributed by atoms with van der Waals surface area (Å²) in [5.74, 6) is 3.18. The second-order valence-corrected chi connectivity index (χ2v) is 5.44. The van der Waals surface area contributed by atoms with Crippen molar-refractivity contribution in [3.8, 4) is 17.2 Å². The van der Waals surface area contributed by atoms with Gasteiger partial charge in [-0.2, -0.15) is 10.1 Å². The van der Waals surface area contributed by atoms with Gasteiger partial charge in [0.1, 0.15) is 5.75 Å². The van der Waals surface area contributed by atoms with E-state index in [1.54, 1.807) is 6.20 Å². The Kier molecular flexibility index (Phi) is 4.38. The molecule has 0 bridgehead atoms. The van der Waals surface area contributed by atoms with Crippen LogP contribution in [0.3, 0.4) is 0 Å². The van der Waals surface area contributed by atoms with Gasteiger partial charge in [0, 0.05) is 17.4 Å². The second-order valence-electron chi connectivity index (χ2n) is 5.44. The minimum Gasteiger partial charge on any atom is -0.494 e. The number of hydrogen-bond acceptors (Lipinski definition) is 8. The lowest BCUT2D eigenvalue weighted by molar-refractivity contribution is 0.174. The summed E-state index contributed by atoms with van der Waals surface area (Å²) in [7, 11) is 0. The lowest BCUT2D eigenvalue weighted by Gasteiger charge is -2.09. The van der Waals surface area contributed by atoms with Gasteiger partial charge in [-0.15, -0.1) is 5.10 Å². The number of ether oxygens (including phenoxy) is 3. The van der Waals surface area contributed by atoms with E-state index in [4.69, 9.17) is 14.2 Å². The van der Waals surface area contributed by atoms with E-state index in [2.05, 4.69) is 25.8 Å². The van der Waals surface area contributed by atoms with E-state index in [0.717, 1.165) is 22.9 Å². The standard InChI is InChI=1S/C18H17N5O3/c1-2-24-14-6-3-12(4-7-14)20-17-10-19-23-18(22-17)21-13-5-8-15-16(9-13)26-11-25-15/h3-10H,2,11H2,1H3,(H2,20,21,22,23). The molecule has 132 valence electrons. The van der Waals surface area contributed by atoms with Crippen LogP contribution in [0, 0.1) is 0 Å². The van der Waals surface area contributed by atoms with Crippen molar-refractivity contribution < 1.29 is 14.2 Å². The summed E-state index contributed by atoms with van der Waals surface area (Å²) < 4.78 is 16.1. The molecule has 8 nitrogen and oxygen atoms in total. The van der Waals surface area contributed by atoms with Gasteiger partial charge in [-0.1, -0.05) is 0 Å². The van der Waals surface area contributed by atoms with Gasteiger partial charge in [-0.25, -0.2) is 0 Å². The predicted octanol–water partition coefficient (Wildman–Crippen LogP) is 3.49. The highest BCUT2D eigenvalue weighted by Crippen LogP contribution is 2.34. The first-order valence-electron chi connectivity index (χ1n) is 8.16. The fourth-order valence-electron chi connectivity index (χ4n) is 2.47.